The number of carbonyl (C=O) groups is 1. The molecule has 4 rings (SSSR count). The average molecular weight is 484 g/mol. The van der Waals surface area contributed by atoms with Gasteiger partial charge in [-0.15, -0.1) is 0 Å². The number of benzene rings is 2. The van der Waals surface area contributed by atoms with Crippen LogP contribution in [0.3, 0.4) is 0 Å². The number of hydrogen-bond acceptors (Lipinski definition) is 7. The zero-order valence-corrected chi connectivity index (χ0v) is 18.8. The number of ketones is 1. The largest absolute Gasteiger partial charge is 0.295 e. The molecule has 2 N–H and O–H groups in total. The summed E-state index contributed by atoms with van der Waals surface area (Å²) in [6.45, 7) is 1.85. The molecule has 1 aliphatic heterocycles. The van der Waals surface area contributed by atoms with Crippen molar-refractivity contribution in [2.24, 2.45) is 0 Å². The molecule has 0 atom stereocenters. The third kappa shape index (κ3) is 4.60. The Labute approximate surface area is 194 Å². The Morgan fingerprint density at radius 3 is 2.53 bits per heavy atom. The first-order valence-corrected chi connectivity index (χ1v) is 11.4. The molecule has 1 aliphatic rings. The highest BCUT2D eigenvalue weighted by atomic mass is 32.2. The summed E-state index contributed by atoms with van der Waals surface area (Å²) < 4.78 is 56.8. The van der Waals surface area contributed by atoms with Gasteiger partial charge in [-0.25, -0.2) is 27.6 Å². The second kappa shape index (κ2) is 9.18. The van der Waals surface area contributed by atoms with E-state index in [2.05, 4.69) is 27.0 Å². The van der Waals surface area contributed by atoms with Crippen molar-refractivity contribution in [3.05, 3.63) is 82.5 Å². The number of aromatic nitrogens is 1. The highest BCUT2D eigenvalue weighted by Crippen LogP contribution is 2.25. The second-order valence-corrected chi connectivity index (χ2v) is 8.89. The lowest BCUT2D eigenvalue weighted by molar-refractivity contribution is 0.101. The van der Waals surface area contributed by atoms with E-state index in [1.807, 2.05) is 0 Å². The molecule has 3 aromatic rings. The van der Waals surface area contributed by atoms with Crippen molar-refractivity contribution >= 4 is 27.3 Å². The number of hydrogen-bond donors (Lipinski definition) is 2. The minimum atomic E-state index is -4.20. The predicted octanol–water partition coefficient (Wildman–Crippen LogP) is 3.15. The Morgan fingerprint density at radius 1 is 1.12 bits per heavy atom. The molecule has 0 spiro atoms. The Balaban J connectivity index is 1.63. The summed E-state index contributed by atoms with van der Waals surface area (Å²) in [7, 11) is -2.75. The summed E-state index contributed by atoms with van der Waals surface area (Å²) in [6, 6.07) is 10.4. The fourth-order valence-electron chi connectivity index (χ4n) is 3.19. The number of anilines is 2. The number of carbonyl (C=O) groups excluding carboxylic acids is 1. The van der Waals surface area contributed by atoms with Gasteiger partial charge in [0.2, 0.25) is 0 Å². The van der Waals surface area contributed by atoms with Gasteiger partial charge >= 0.3 is 0 Å². The first-order valence-electron chi connectivity index (χ1n) is 9.91. The van der Waals surface area contributed by atoms with Gasteiger partial charge in [-0.05, 0) is 43.2 Å². The summed E-state index contributed by atoms with van der Waals surface area (Å²) in [6.07, 6.45) is 0. The number of hydrazine groups is 1. The lowest BCUT2D eigenvalue weighted by Gasteiger charge is -2.13. The molecule has 174 valence electrons. The van der Waals surface area contributed by atoms with Crippen LogP contribution in [-0.2, 0) is 21.4 Å². The smallest absolute Gasteiger partial charge is 0.261 e. The number of sulfonamides is 1. The first-order chi connectivity index (χ1) is 16.2. The van der Waals surface area contributed by atoms with Crippen molar-refractivity contribution in [1.82, 2.24) is 10.4 Å². The maximum Gasteiger partial charge on any atom is 0.261 e. The van der Waals surface area contributed by atoms with Crippen LogP contribution in [0.25, 0.3) is 0 Å². The van der Waals surface area contributed by atoms with E-state index in [0.29, 0.717) is 17.9 Å². The second-order valence-electron chi connectivity index (χ2n) is 7.21. The van der Waals surface area contributed by atoms with Gasteiger partial charge in [-0.2, -0.15) is 5.17 Å². The van der Waals surface area contributed by atoms with Crippen LogP contribution in [0.1, 0.15) is 34.1 Å². The Morgan fingerprint density at radius 2 is 1.85 bits per heavy atom. The normalized spacial score (nSPS) is 12.6. The van der Waals surface area contributed by atoms with Gasteiger partial charge in [0, 0.05) is 17.7 Å². The summed E-state index contributed by atoms with van der Waals surface area (Å²) in [5, 5.41) is 1.35. The van der Waals surface area contributed by atoms with Crippen LogP contribution in [-0.4, -0.2) is 26.3 Å². The monoisotopic (exact) mass is 484 g/mol. The van der Waals surface area contributed by atoms with E-state index in [0.717, 1.165) is 17.7 Å². The molecule has 0 unspecified atom stereocenters. The number of pyridine rings is 1. The molecule has 1 aromatic heterocycles. The number of nitrogens with zero attached hydrogens (tertiary/aromatic N) is 2. The first kappa shape index (κ1) is 23.3. The van der Waals surface area contributed by atoms with Crippen LogP contribution in [0.4, 0.5) is 20.3 Å². The van der Waals surface area contributed by atoms with E-state index in [1.165, 1.54) is 43.5 Å². The quantitative estimate of drug-likeness (QED) is 0.424. The van der Waals surface area contributed by atoms with Crippen LogP contribution in [0, 0.1) is 23.5 Å². The highest BCUT2D eigenvalue weighted by molar-refractivity contribution is 7.92. The number of rotatable bonds is 5. The van der Waals surface area contributed by atoms with E-state index in [-0.39, 0.29) is 16.4 Å². The SMILES string of the molecule is CON1NCc2ccc(C#Cc3c(F)ccc(NS(=O)(=O)c4ccc(C(C)=O)cc4)c3F)nc21. The standard InChI is InChI=1S/C23H18F2N4O4S/c1-14(30)15-4-8-18(9-5-15)34(31,32)28-21-12-11-20(24)19(22(21)25)10-7-17-6-3-16-13-26-29(33-2)23(16)27-17/h3-6,8-9,11-12,26,28H,13H2,1-2H3. The fraction of sp³-hybridized carbons (Fsp3) is 0.130. The molecule has 0 bridgehead atoms. The van der Waals surface area contributed by atoms with Crippen LogP contribution in [0.2, 0.25) is 0 Å². The molecule has 2 heterocycles. The molecular weight excluding hydrogens is 466 g/mol. The summed E-state index contributed by atoms with van der Waals surface area (Å²) in [4.78, 5) is 20.6. The van der Waals surface area contributed by atoms with Crippen LogP contribution in [0.5, 0.6) is 0 Å². The van der Waals surface area contributed by atoms with Gasteiger partial charge in [0.25, 0.3) is 10.0 Å². The number of Topliss-reactive ketones (excluding diaryl/α,β-unsaturated/α-hetero) is 1. The van der Waals surface area contributed by atoms with Crippen molar-refractivity contribution in [2.45, 2.75) is 18.4 Å². The molecule has 0 radical (unpaired) electrons. The topological polar surface area (TPSA) is 101 Å². The minimum Gasteiger partial charge on any atom is -0.295 e. The zero-order valence-electron chi connectivity index (χ0n) is 18.0. The molecular formula is C23H18F2N4O4S. The van der Waals surface area contributed by atoms with Crippen molar-refractivity contribution < 1.29 is 26.8 Å². The van der Waals surface area contributed by atoms with E-state index in [4.69, 9.17) is 4.84 Å². The van der Waals surface area contributed by atoms with Crippen molar-refractivity contribution in [3.63, 3.8) is 0 Å². The lowest BCUT2D eigenvalue weighted by atomic mass is 10.1. The molecule has 0 saturated carbocycles. The minimum absolute atomic E-state index is 0.187. The van der Waals surface area contributed by atoms with Crippen LogP contribution >= 0.6 is 0 Å². The van der Waals surface area contributed by atoms with Gasteiger partial charge in [0.05, 0.1) is 23.3 Å². The van der Waals surface area contributed by atoms with Gasteiger partial charge in [0.1, 0.15) is 11.5 Å². The number of nitrogens with one attached hydrogen (secondary N) is 2. The molecule has 8 nitrogen and oxygen atoms in total. The highest BCUT2D eigenvalue weighted by Gasteiger charge is 2.21. The third-order valence-corrected chi connectivity index (χ3v) is 6.35. The summed E-state index contributed by atoms with van der Waals surface area (Å²) >= 11 is 0. The van der Waals surface area contributed by atoms with E-state index in [1.54, 1.807) is 12.1 Å². The van der Waals surface area contributed by atoms with E-state index >= 15 is 4.39 Å². The molecule has 11 heteroatoms. The van der Waals surface area contributed by atoms with Crippen LogP contribution < -0.4 is 15.3 Å². The molecule has 0 fully saturated rings. The summed E-state index contributed by atoms with van der Waals surface area (Å²) in [5.74, 6) is 3.11. The lowest BCUT2D eigenvalue weighted by Crippen LogP contribution is -2.31. The molecule has 0 aliphatic carbocycles. The van der Waals surface area contributed by atoms with Gasteiger partial charge in [0.15, 0.2) is 17.4 Å². The molecule has 0 saturated heterocycles. The number of halogens is 2. The summed E-state index contributed by atoms with van der Waals surface area (Å²) in [5.41, 5.74) is 3.27. The maximum absolute atomic E-state index is 15.0. The van der Waals surface area contributed by atoms with Crippen molar-refractivity contribution in [2.75, 3.05) is 17.0 Å². The fourth-order valence-corrected chi connectivity index (χ4v) is 4.25. The van der Waals surface area contributed by atoms with E-state index < -0.39 is 32.9 Å². The molecule has 2 aromatic carbocycles. The molecule has 34 heavy (non-hydrogen) atoms. The maximum atomic E-state index is 15.0. The predicted molar refractivity (Wildman–Crippen MR) is 120 cm³/mol. The van der Waals surface area contributed by atoms with E-state index in [9.17, 15) is 17.6 Å². The Bertz CT molecular complexity index is 1450. The van der Waals surface area contributed by atoms with Crippen molar-refractivity contribution in [3.8, 4) is 11.8 Å². The van der Waals surface area contributed by atoms with Crippen LogP contribution in [0.15, 0.2) is 53.4 Å². The zero-order chi connectivity index (χ0) is 24.5. The van der Waals surface area contributed by atoms with Gasteiger partial charge < -0.3 is 0 Å². The van der Waals surface area contributed by atoms with Gasteiger partial charge in [-0.1, -0.05) is 24.1 Å². The van der Waals surface area contributed by atoms with Gasteiger partial charge in [-0.3, -0.25) is 14.4 Å². The third-order valence-electron chi connectivity index (χ3n) is 4.97. The molecule has 0 amide bonds. The van der Waals surface area contributed by atoms with Crippen molar-refractivity contribution in [1.29, 1.82) is 0 Å². The Hall–Kier alpha value is -3.85. The number of fused-ring (bicyclic) bond motifs is 1. The Kier molecular flexibility index (Phi) is 6.30. The average Bonchev–Trinajstić information content (AvgIpc) is 3.23.